The summed E-state index contributed by atoms with van der Waals surface area (Å²) >= 11 is 3.30. The summed E-state index contributed by atoms with van der Waals surface area (Å²) in [5.74, 6) is 0.505. The number of hydrogen-bond acceptors (Lipinski definition) is 2. The van der Waals surface area contributed by atoms with Gasteiger partial charge in [0.05, 0.1) is 0 Å². The van der Waals surface area contributed by atoms with Crippen molar-refractivity contribution >= 4 is 21.8 Å². The second kappa shape index (κ2) is 6.39. The molecule has 1 aromatic carbocycles. The van der Waals surface area contributed by atoms with Crippen molar-refractivity contribution in [3.05, 3.63) is 64.4 Å². The van der Waals surface area contributed by atoms with E-state index in [2.05, 4.69) is 38.4 Å². The second-order valence-electron chi connectivity index (χ2n) is 5.45. The Morgan fingerprint density at radius 3 is 2.62 bits per heavy atom. The van der Waals surface area contributed by atoms with Crippen LogP contribution in [0.3, 0.4) is 0 Å². The number of nitrogens with zero attached hydrogens (tertiary/aromatic N) is 1. The highest BCUT2D eigenvalue weighted by molar-refractivity contribution is 9.10. The molecular formula is C17H17BrN2O. The maximum atomic E-state index is 12.3. The largest absolute Gasteiger partial charge is 0.347 e. The molecule has 1 aliphatic carbocycles. The number of amides is 1. The molecule has 108 valence electrons. The van der Waals surface area contributed by atoms with Crippen LogP contribution in [0.4, 0.5) is 0 Å². The van der Waals surface area contributed by atoms with Gasteiger partial charge in [-0.1, -0.05) is 36.4 Å². The molecule has 1 atom stereocenters. The van der Waals surface area contributed by atoms with Crippen molar-refractivity contribution in [1.29, 1.82) is 0 Å². The van der Waals surface area contributed by atoms with E-state index in [0.717, 1.165) is 6.42 Å². The fourth-order valence-corrected chi connectivity index (χ4v) is 2.82. The van der Waals surface area contributed by atoms with Crippen molar-refractivity contribution in [3.63, 3.8) is 0 Å². The number of carbonyl (C=O) groups is 1. The number of aromatic nitrogens is 1. The van der Waals surface area contributed by atoms with Crippen molar-refractivity contribution in [1.82, 2.24) is 10.3 Å². The highest BCUT2D eigenvalue weighted by atomic mass is 79.9. The first kappa shape index (κ1) is 14.3. The van der Waals surface area contributed by atoms with Crippen LogP contribution < -0.4 is 5.32 Å². The van der Waals surface area contributed by atoms with E-state index in [-0.39, 0.29) is 11.9 Å². The summed E-state index contributed by atoms with van der Waals surface area (Å²) in [7, 11) is 0. The Bertz CT molecular complexity index is 626. The zero-order valence-electron chi connectivity index (χ0n) is 11.6. The lowest BCUT2D eigenvalue weighted by Gasteiger charge is -2.18. The van der Waals surface area contributed by atoms with E-state index >= 15 is 0 Å². The van der Waals surface area contributed by atoms with Gasteiger partial charge in [0, 0.05) is 6.04 Å². The first-order valence-corrected chi connectivity index (χ1v) is 7.99. The van der Waals surface area contributed by atoms with Crippen LogP contribution in [0.25, 0.3) is 0 Å². The second-order valence-corrected chi connectivity index (χ2v) is 6.27. The van der Waals surface area contributed by atoms with Gasteiger partial charge < -0.3 is 5.32 Å². The number of halogens is 1. The molecule has 1 unspecified atom stereocenters. The van der Waals surface area contributed by atoms with Gasteiger partial charge in [-0.25, -0.2) is 4.98 Å². The van der Waals surface area contributed by atoms with Crippen molar-refractivity contribution < 1.29 is 4.79 Å². The van der Waals surface area contributed by atoms with Crippen LogP contribution in [0.2, 0.25) is 0 Å². The Hall–Kier alpha value is -1.68. The molecule has 2 aromatic rings. The zero-order valence-corrected chi connectivity index (χ0v) is 13.2. The number of benzene rings is 1. The van der Waals surface area contributed by atoms with E-state index in [0.29, 0.717) is 16.2 Å². The van der Waals surface area contributed by atoms with Gasteiger partial charge in [0.2, 0.25) is 0 Å². The number of hydrogen-bond donors (Lipinski definition) is 1. The third-order valence-electron chi connectivity index (χ3n) is 3.75. The molecule has 1 fully saturated rings. The molecule has 0 radical (unpaired) electrons. The number of rotatable bonds is 5. The minimum absolute atomic E-state index is 0.0934. The van der Waals surface area contributed by atoms with E-state index in [1.165, 1.54) is 18.4 Å². The Labute approximate surface area is 132 Å². The average Bonchev–Trinajstić information content (AvgIpc) is 3.32. The molecule has 0 aliphatic heterocycles. The van der Waals surface area contributed by atoms with Gasteiger partial charge in [0.1, 0.15) is 10.3 Å². The lowest BCUT2D eigenvalue weighted by molar-refractivity contribution is 0.0926. The fraction of sp³-hybridized carbons (Fsp3) is 0.294. The van der Waals surface area contributed by atoms with Gasteiger partial charge in [-0.05, 0) is 58.8 Å². The van der Waals surface area contributed by atoms with Crippen molar-refractivity contribution in [2.45, 2.75) is 25.3 Å². The Morgan fingerprint density at radius 2 is 1.95 bits per heavy atom. The van der Waals surface area contributed by atoms with Gasteiger partial charge >= 0.3 is 0 Å². The molecule has 1 aromatic heterocycles. The third-order valence-corrected chi connectivity index (χ3v) is 4.20. The van der Waals surface area contributed by atoms with Crippen LogP contribution in [0, 0.1) is 5.92 Å². The van der Waals surface area contributed by atoms with Gasteiger partial charge in [0.25, 0.3) is 5.91 Å². The van der Waals surface area contributed by atoms with Crippen LogP contribution in [-0.2, 0) is 6.42 Å². The first-order chi connectivity index (χ1) is 10.2. The lowest BCUT2D eigenvalue weighted by atomic mass is 10.0. The fourth-order valence-electron chi connectivity index (χ4n) is 2.48. The number of carbonyl (C=O) groups excluding carboxylic acids is 1. The Balaban J connectivity index is 1.69. The monoisotopic (exact) mass is 344 g/mol. The average molecular weight is 345 g/mol. The maximum Gasteiger partial charge on any atom is 0.270 e. The van der Waals surface area contributed by atoms with Gasteiger partial charge in [-0.2, -0.15) is 0 Å². The molecule has 1 saturated carbocycles. The Kier molecular flexibility index (Phi) is 4.34. The molecule has 1 N–H and O–H groups in total. The molecule has 1 heterocycles. The smallest absolute Gasteiger partial charge is 0.270 e. The van der Waals surface area contributed by atoms with E-state index in [9.17, 15) is 4.79 Å². The van der Waals surface area contributed by atoms with E-state index in [4.69, 9.17) is 0 Å². The molecule has 1 aliphatic rings. The van der Waals surface area contributed by atoms with Crippen molar-refractivity contribution in [2.75, 3.05) is 0 Å². The van der Waals surface area contributed by atoms with Crippen LogP contribution >= 0.6 is 15.9 Å². The normalized spacial score (nSPS) is 15.5. The summed E-state index contributed by atoms with van der Waals surface area (Å²) in [6, 6.07) is 15.9. The van der Waals surface area contributed by atoms with Crippen LogP contribution in [0.1, 0.15) is 28.9 Å². The van der Waals surface area contributed by atoms with Gasteiger partial charge in [-0.15, -0.1) is 0 Å². The van der Waals surface area contributed by atoms with Crippen molar-refractivity contribution in [2.24, 2.45) is 5.92 Å². The zero-order chi connectivity index (χ0) is 14.7. The third kappa shape index (κ3) is 3.91. The first-order valence-electron chi connectivity index (χ1n) is 7.20. The summed E-state index contributed by atoms with van der Waals surface area (Å²) in [6.45, 7) is 0. The summed E-state index contributed by atoms with van der Waals surface area (Å²) in [4.78, 5) is 16.6. The van der Waals surface area contributed by atoms with E-state index in [1.807, 2.05) is 30.3 Å². The van der Waals surface area contributed by atoms with E-state index in [1.54, 1.807) is 6.07 Å². The highest BCUT2D eigenvalue weighted by Gasteiger charge is 2.32. The van der Waals surface area contributed by atoms with E-state index < -0.39 is 0 Å². The van der Waals surface area contributed by atoms with Gasteiger partial charge in [-0.3, -0.25) is 4.79 Å². The maximum absolute atomic E-state index is 12.3. The topological polar surface area (TPSA) is 42.0 Å². The van der Waals surface area contributed by atoms with Crippen molar-refractivity contribution in [3.8, 4) is 0 Å². The SMILES string of the molecule is O=C(NC(Cc1ccccc1)C1CC1)c1cccc(Br)n1. The molecule has 0 bridgehead atoms. The predicted molar refractivity (Wildman–Crippen MR) is 86.1 cm³/mol. The quantitative estimate of drug-likeness (QED) is 0.842. The molecule has 1 amide bonds. The molecular weight excluding hydrogens is 328 g/mol. The minimum atomic E-state index is -0.0934. The number of pyridine rings is 1. The van der Waals surface area contributed by atoms with Gasteiger partial charge in [0.15, 0.2) is 0 Å². The summed E-state index contributed by atoms with van der Waals surface area (Å²) in [6.07, 6.45) is 3.28. The van der Waals surface area contributed by atoms with Crippen LogP contribution in [0.15, 0.2) is 53.1 Å². The molecule has 0 spiro atoms. The van der Waals surface area contributed by atoms with Crippen LogP contribution in [0.5, 0.6) is 0 Å². The summed E-state index contributed by atoms with van der Waals surface area (Å²) in [5, 5.41) is 3.15. The Morgan fingerprint density at radius 1 is 1.19 bits per heavy atom. The number of nitrogens with one attached hydrogen (secondary N) is 1. The molecule has 21 heavy (non-hydrogen) atoms. The molecule has 3 rings (SSSR count). The lowest BCUT2D eigenvalue weighted by Crippen LogP contribution is -2.38. The summed E-state index contributed by atoms with van der Waals surface area (Å²) in [5.41, 5.74) is 1.72. The molecule has 4 heteroatoms. The predicted octanol–water partition coefficient (Wildman–Crippen LogP) is 3.60. The standard InChI is InChI=1S/C17H17BrN2O/c18-16-8-4-7-14(19-16)17(21)20-15(13-9-10-13)11-12-5-2-1-3-6-12/h1-8,13,15H,9-11H2,(H,20,21). The highest BCUT2D eigenvalue weighted by Crippen LogP contribution is 2.34. The van der Waals surface area contributed by atoms with Crippen LogP contribution in [-0.4, -0.2) is 16.9 Å². The molecule has 3 nitrogen and oxygen atoms in total. The molecule has 0 saturated heterocycles. The minimum Gasteiger partial charge on any atom is -0.347 e. The summed E-state index contributed by atoms with van der Waals surface area (Å²) < 4.78 is 0.682.